The van der Waals surface area contributed by atoms with Crippen molar-refractivity contribution in [3.8, 4) is 0 Å². The molecule has 1 saturated carbocycles. The highest BCUT2D eigenvalue weighted by atomic mass is 19.1. The molecule has 1 aromatic heterocycles. The molecule has 0 amide bonds. The van der Waals surface area contributed by atoms with E-state index in [2.05, 4.69) is 31.7 Å². The van der Waals surface area contributed by atoms with Crippen LogP contribution < -0.4 is 0 Å². The van der Waals surface area contributed by atoms with Gasteiger partial charge in [0.1, 0.15) is 5.82 Å². The number of carbonyl (C=O) groups excluding carboxylic acids is 1. The third-order valence-electron chi connectivity index (χ3n) is 6.58. The molecule has 170 valence electrons. The molecule has 0 saturated heterocycles. The Labute approximate surface area is 193 Å². The zero-order chi connectivity index (χ0) is 22.5. The number of pyridine rings is 1. The van der Waals surface area contributed by atoms with E-state index in [-0.39, 0.29) is 14.5 Å². The number of hydrogen-bond donors (Lipinski definition) is 0. The largest absolute Gasteiger partial charge is 0.294 e. The zero-order valence-electron chi connectivity index (χ0n) is 18.9. The number of hydrogen-bond acceptors (Lipinski definition) is 2. The van der Waals surface area contributed by atoms with Gasteiger partial charge in [-0.2, -0.15) is 0 Å². The van der Waals surface area contributed by atoms with Gasteiger partial charge in [-0.1, -0.05) is 55.9 Å². The lowest BCUT2D eigenvalue weighted by molar-refractivity contribution is 0.0981. The summed E-state index contributed by atoms with van der Waals surface area (Å²) >= 11 is 0. The van der Waals surface area contributed by atoms with Gasteiger partial charge in [0, 0.05) is 14.8 Å². The Balaban J connectivity index is 0.00000204. The first kappa shape index (κ1) is 22.4. The smallest absolute Gasteiger partial charge is 0.165 e. The summed E-state index contributed by atoms with van der Waals surface area (Å²) in [7, 11) is 0. The van der Waals surface area contributed by atoms with Crippen molar-refractivity contribution in [1.29, 1.82) is 0 Å². The third kappa shape index (κ3) is 5.51. The molecule has 2 nitrogen and oxygen atoms in total. The van der Waals surface area contributed by atoms with E-state index in [1.807, 2.05) is 18.2 Å². The first-order valence-corrected chi connectivity index (χ1v) is 11.9. The summed E-state index contributed by atoms with van der Waals surface area (Å²) in [5.41, 5.74) is 5.86. The van der Waals surface area contributed by atoms with Crippen molar-refractivity contribution in [2.45, 2.75) is 58.3 Å². The van der Waals surface area contributed by atoms with Crippen molar-refractivity contribution < 1.29 is 12.0 Å². The lowest BCUT2D eigenvalue weighted by atomic mass is 9.94. The molecular weight excluding hydrogens is 397 g/mol. The number of allylic oxidation sites excluding steroid dienone is 5. The molecule has 4 rings (SSSR count). The fourth-order valence-corrected chi connectivity index (χ4v) is 4.69. The fraction of sp³-hybridized carbons (Fsp3) is 0.379. The minimum absolute atomic E-state index is 0. The Hall–Kier alpha value is -2.81. The van der Waals surface area contributed by atoms with Crippen LogP contribution in [-0.4, -0.2) is 10.8 Å². The van der Waals surface area contributed by atoms with Gasteiger partial charge in [0.15, 0.2) is 5.78 Å². The van der Waals surface area contributed by atoms with E-state index < -0.39 is 0 Å². The van der Waals surface area contributed by atoms with Crippen molar-refractivity contribution in [3.05, 3.63) is 95.1 Å². The van der Waals surface area contributed by atoms with Crippen molar-refractivity contribution >= 4 is 11.4 Å². The van der Waals surface area contributed by atoms with Crippen LogP contribution in [0, 0.1) is 17.7 Å². The van der Waals surface area contributed by atoms with E-state index in [9.17, 15) is 9.18 Å². The van der Waals surface area contributed by atoms with E-state index in [4.69, 9.17) is 4.98 Å². The molecule has 1 aromatic carbocycles. The van der Waals surface area contributed by atoms with E-state index >= 15 is 0 Å². The molecule has 32 heavy (non-hydrogen) atoms. The summed E-state index contributed by atoms with van der Waals surface area (Å²) in [4.78, 5) is 18.0. The molecule has 0 aliphatic heterocycles. The number of nitrogens with zero attached hydrogens (tertiary/aromatic N) is 1. The van der Waals surface area contributed by atoms with Gasteiger partial charge in [0.05, 0.1) is 11.4 Å². The molecule has 1 fully saturated rings. The number of halogens is 1. The van der Waals surface area contributed by atoms with Crippen LogP contribution in [0.2, 0.25) is 0 Å². The topological polar surface area (TPSA) is 30.0 Å². The highest BCUT2D eigenvalue weighted by Crippen LogP contribution is 2.48. The molecular formula is C29H36FNO. The number of Topliss-reactive ketones (excluding diaryl/α,β-unsaturated/α-hetero) is 1. The summed E-state index contributed by atoms with van der Waals surface area (Å²) in [5.74, 6) is 1.32. The number of carbonyl (C=O) groups is 1. The van der Waals surface area contributed by atoms with Crippen LogP contribution >= 0.6 is 0 Å². The molecule has 0 spiro atoms. The minimum atomic E-state index is -0.209. The predicted molar refractivity (Wildman–Crippen MR) is 133 cm³/mol. The van der Waals surface area contributed by atoms with Crippen molar-refractivity contribution in [2.24, 2.45) is 11.8 Å². The van der Waals surface area contributed by atoms with Crippen LogP contribution in [0.25, 0.3) is 5.57 Å². The van der Waals surface area contributed by atoms with E-state index in [1.165, 1.54) is 18.1 Å². The second-order valence-electron chi connectivity index (χ2n) is 9.08. The van der Waals surface area contributed by atoms with Crippen LogP contribution in [0.15, 0.2) is 66.8 Å². The summed E-state index contributed by atoms with van der Waals surface area (Å²) in [6.45, 7) is 6.30. The maximum absolute atomic E-state index is 13.5. The Kier molecular flexibility index (Phi) is 7.14. The summed E-state index contributed by atoms with van der Waals surface area (Å²) in [6, 6.07) is 10.6. The number of fused-ring (bicyclic) bond motifs is 1. The van der Waals surface area contributed by atoms with Crippen molar-refractivity contribution in [1.82, 2.24) is 4.98 Å². The predicted octanol–water partition coefficient (Wildman–Crippen LogP) is 7.80. The molecule has 3 heteroatoms. The van der Waals surface area contributed by atoms with Crippen LogP contribution in [0.3, 0.4) is 0 Å². The Morgan fingerprint density at radius 1 is 1.19 bits per heavy atom. The molecule has 2 aromatic rings. The quantitative estimate of drug-likeness (QED) is 0.338. The SMILES string of the molecule is C=C(CCC)c1ccc(C(=O)CCC2=CC=CC3CC23)c(CCCc2cccc(F)c2)n1.[HH].[HH]. The Bertz CT molecular complexity index is 1080. The van der Waals surface area contributed by atoms with Gasteiger partial charge < -0.3 is 0 Å². The molecule has 1 heterocycles. The minimum Gasteiger partial charge on any atom is -0.294 e. The van der Waals surface area contributed by atoms with E-state index in [0.717, 1.165) is 60.2 Å². The first-order valence-electron chi connectivity index (χ1n) is 11.9. The molecule has 2 aliphatic rings. The van der Waals surface area contributed by atoms with Gasteiger partial charge in [-0.05, 0) is 85.8 Å². The Morgan fingerprint density at radius 3 is 2.88 bits per heavy atom. The molecule has 2 atom stereocenters. The van der Waals surface area contributed by atoms with Gasteiger partial charge in [0.2, 0.25) is 0 Å². The number of aryl methyl sites for hydroxylation is 2. The molecule has 0 radical (unpaired) electrons. The van der Waals surface area contributed by atoms with E-state index in [1.54, 1.807) is 12.1 Å². The summed E-state index contributed by atoms with van der Waals surface area (Å²) in [6.07, 6.45) is 13.4. The molecule has 2 aliphatic carbocycles. The number of aromatic nitrogens is 1. The van der Waals surface area contributed by atoms with Crippen molar-refractivity contribution in [3.63, 3.8) is 0 Å². The van der Waals surface area contributed by atoms with Crippen LogP contribution in [0.1, 0.15) is 75.6 Å². The van der Waals surface area contributed by atoms with Gasteiger partial charge in [-0.3, -0.25) is 9.78 Å². The average Bonchev–Trinajstić information content (AvgIpc) is 3.58. The van der Waals surface area contributed by atoms with Crippen molar-refractivity contribution in [2.75, 3.05) is 0 Å². The monoisotopic (exact) mass is 433 g/mol. The molecule has 0 N–H and O–H groups in total. The second kappa shape index (κ2) is 10.2. The maximum atomic E-state index is 13.5. The number of rotatable bonds is 11. The zero-order valence-corrected chi connectivity index (χ0v) is 18.9. The number of ketones is 1. The van der Waals surface area contributed by atoms with Gasteiger partial charge in [-0.25, -0.2) is 4.39 Å². The van der Waals surface area contributed by atoms with Crippen LogP contribution in [-0.2, 0) is 12.8 Å². The van der Waals surface area contributed by atoms with E-state index in [0.29, 0.717) is 24.7 Å². The Morgan fingerprint density at radius 2 is 2.06 bits per heavy atom. The highest BCUT2D eigenvalue weighted by molar-refractivity contribution is 5.97. The lowest BCUT2D eigenvalue weighted by Crippen LogP contribution is -2.09. The normalized spacial score (nSPS) is 18.8. The highest BCUT2D eigenvalue weighted by Gasteiger charge is 2.38. The number of benzene rings is 1. The lowest BCUT2D eigenvalue weighted by Gasteiger charge is -2.13. The standard InChI is InChI=1S/C29H32FNO.2H2/c1-3-7-20(2)27-16-15-25(29(32)17-14-22-10-6-11-23-19-26(22)23)28(31-27)13-5-9-21-8-4-12-24(30)18-21;;/h4,6,8,10-12,15-16,18,23,26H,2-3,5,7,9,13-14,17,19H2,1H3;2*1H. The fourth-order valence-electron chi connectivity index (χ4n) is 4.69. The molecule has 0 bridgehead atoms. The van der Waals surface area contributed by atoms with Gasteiger partial charge in [-0.15, -0.1) is 0 Å². The maximum Gasteiger partial charge on any atom is 0.165 e. The average molecular weight is 434 g/mol. The van der Waals surface area contributed by atoms with Crippen LogP contribution in [0.5, 0.6) is 0 Å². The summed E-state index contributed by atoms with van der Waals surface area (Å²) in [5, 5.41) is 0. The summed E-state index contributed by atoms with van der Waals surface area (Å²) < 4.78 is 13.5. The molecule has 2 unspecified atom stereocenters. The van der Waals surface area contributed by atoms with Gasteiger partial charge in [0.25, 0.3) is 0 Å². The third-order valence-corrected chi connectivity index (χ3v) is 6.58. The first-order chi connectivity index (χ1) is 15.5. The van der Waals surface area contributed by atoms with Crippen LogP contribution in [0.4, 0.5) is 4.39 Å². The van der Waals surface area contributed by atoms with Gasteiger partial charge >= 0.3 is 0 Å². The second-order valence-corrected chi connectivity index (χ2v) is 9.08.